The molecule has 0 aliphatic rings. The molecule has 108 valence electrons. The molecule has 1 heterocycles. The molecule has 0 spiro atoms. The average molecular weight is 331 g/mol. The van der Waals surface area contributed by atoms with Gasteiger partial charge in [-0.15, -0.1) is 0 Å². The molecule has 0 saturated carbocycles. The lowest BCUT2D eigenvalue weighted by atomic mass is 10.0. The third-order valence-electron chi connectivity index (χ3n) is 2.61. The monoisotopic (exact) mass is 330 g/mol. The Balaban J connectivity index is 2.83. The molecule has 0 bridgehead atoms. The molecule has 7 heteroatoms. The molecule has 1 unspecified atom stereocenters. The van der Waals surface area contributed by atoms with Gasteiger partial charge in [-0.25, -0.2) is 15.8 Å². The molecule has 0 aliphatic carbocycles. The number of likely N-dealkylation sites (N-methyl/N-ethyl adjacent to an activating group) is 1. The summed E-state index contributed by atoms with van der Waals surface area (Å²) in [7, 11) is 4.13. The number of nitrogen functional groups attached to an aromatic ring is 1. The largest absolute Gasteiger partial charge is 0.365 e. The molecule has 1 aromatic heterocycles. The number of hydrogen-bond donors (Lipinski definition) is 3. The van der Waals surface area contributed by atoms with Gasteiger partial charge < -0.3 is 15.6 Å². The van der Waals surface area contributed by atoms with Crippen molar-refractivity contribution in [1.29, 1.82) is 0 Å². The molecule has 1 aromatic rings. The first-order chi connectivity index (χ1) is 8.93. The van der Waals surface area contributed by atoms with Crippen molar-refractivity contribution in [3.8, 4) is 0 Å². The van der Waals surface area contributed by atoms with Crippen LogP contribution in [-0.4, -0.2) is 41.5 Å². The first-order valence-corrected chi connectivity index (χ1v) is 7.11. The summed E-state index contributed by atoms with van der Waals surface area (Å²) in [5, 5.41) is 3.45. The van der Waals surface area contributed by atoms with Gasteiger partial charge in [0.05, 0.1) is 0 Å². The third kappa shape index (κ3) is 5.30. The van der Waals surface area contributed by atoms with E-state index in [1.165, 1.54) is 6.33 Å². The Morgan fingerprint density at radius 1 is 1.32 bits per heavy atom. The molecule has 0 saturated heterocycles. The predicted molar refractivity (Wildman–Crippen MR) is 83.0 cm³/mol. The lowest BCUT2D eigenvalue weighted by Crippen LogP contribution is -2.34. The van der Waals surface area contributed by atoms with Crippen molar-refractivity contribution in [2.45, 2.75) is 26.3 Å². The Morgan fingerprint density at radius 3 is 2.47 bits per heavy atom. The van der Waals surface area contributed by atoms with Gasteiger partial charge in [-0.2, -0.15) is 0 Å². The first kappa shape index (κ1) is 16.1. The van der Waals surface area contributed by atoms with Crippen LogP contribution in [-0.2, 0) is 0 Å². The van der Waals surface area contributed by atoms with Crippen LogP contribution in [0.15, 0.2) is 10.8 Å². The Kier molecular flexibility index (Phi) is 6.47. The second-order valence-electron chi connectivity index (χ2n) is 5.26. The quantitative estimate of drug-likeness (QED) is 0.523. The lowest BCUT2D eigenvalue weighted by molar-refractivity contribution is 0.356. The third-order valence-corrected chi connectivity index (χ3v) is 3.36. The van der Waals surface area contributed by atoms with E-state index in [1.54, 1.807) is 0 Å². The minimum Gasteiger partial charge on any atom is -0.365 e. The summed E-state index contributed by atoms with van der Waals surface area (Å²) in [4.78, 5) is 10.5. The molecule has 0 amide bonds. The van der Waals surface area contributed by atoms with Gasteiger partial charge in [0.1, 0.15) is 16.6 Å². The molecule has 6 nitrogen and oxygen atoms in total. The maximum absolute atomic E-state index is 5.41. The summed E-state index contributed by atoms with van der Waals surface area (Å²) >= 11 is 3.46. The highest BCUT2D eigenvalue weighted by molar-refractivity contribution is 9.10. The highest BCUT2D eigenvalue weighted by Gasteiger charge is 2.15. The second-order valence-corrected chi connectivity index (χ2v) is 6.06. The van der Waals surface area contributed by atoms with Gasteiger partial charge in [0.15, 0.2) is 5.82 Å². The molecular weight excluding hydrogens is 308 g/mol. The molecule has 1 rings (SSSR count). The summed E-state index contributed by atoms with van der Waals surface area (Å²) in [6.07, 6.45) is 2.56. The number of nitrogens with two attached hydrogens (primary N) is 1. The smallest absolute Gasteiger partial charge is 0.159 e. The van der Waals surface area contributed by atoms with Gasteiger partial charge in [-0.3, -0.25) is 0 Å². The number of hydrogen-bond acceptors (Lipinski definition) is 6. The van der Waals surface area contributed by atoms with Gasteiger partial charge in [0.25, 0.3) is 0 Å². The Morgan fingerprint density at radius 2 is 1.95 bits per heavy atom. The molecule has 0 radical (unpaired) electrons. The van der Waals surface area contributed by atoms with Gasteiger partial charge in [0.2, 0.25) is 0 Å². The second kappa shape index (κ2) is 7.62. The van der Waals surface area contributed by atoms with Crippen LogP contribution >= 0.6 is 15.9 Å². The number of aromatic nitrogens is 2. The van der Waals surface area contributed by atoms with E-state index in [4.69, 9.17) is 5.84 Å². The molecule has 0 aromatic carbocycles. The SMILES string of the molecule is CC(C)CC(CN(C)C)Nc1ncnc(NN)c1Br. The van der Waals surface area contributed by atoms with Crippen molar-refractivity contribution in [2.24, 2.45) is 11.8 Å². The van der Waals surface area contributed by atoms with E-state index in [1.807, 2.05) is 0 Å². The van der Waals surface area contributed by atoms with Gasteiger partial charge >= 0.3 is 0 Å². The molecule has 19 heavy (non-hydrogen) atoms. The minimum absolute atomic E-state index is 0.326. The van der Waals surface area contributed by atoms with Crippen LogP contribution in [0.1, 0.15) is 20.3 Å². The Bertz CT molecular complexity index is 386. The van der Waals surface area contributed by atoms with Gasteiger partial charge in [-0.05, 0) is 42.4 Å². The Hall–Kier alpha value is -0.920. The van der Waals surface area contributed by atoms with E-state index >= 15 is 0 Å². The van der Waals surface area contributed by atoms with E-state index in [0.717, 1.165) is 23.3 Å². The van der Waals surface area contributed by atoms with Crippen LogP contribution in [0.5, 0.6) is 0 Å². The van der Waals surface area contributed by atoms with Crippen molar-refractivity contribution in [3.63, 3.8) is 0 Å². The van der Waals surface area contributed by atoms with E-state index in [9.17, 15) is 0 Å². The van der Waals surface area contributed by atoms with Crippen LogP contribution < -0.4 is 16.6 Å². The number of rotatable bonds is 7. The Labute approximate surface area is 123 Å². The fraction of sp³-hybridized carbons (Fsp3) is 0.667. The van der Waals surface area contributed by atoms with Crippen LogP contribution in [0.4, 0.5) is 11.6 Å². The van der Waals surface area contributed by atoms with Crippen molar-refractivity contribution >= 4 is 27.6 Å². The van der Waals surface area contributed by atoms with Crippen LogP contribution in [0.25, 0.3) is 0 Å². The van der Waals surface area contributed by atoms with Crippen LogP contribution in [0.3, 0.4) is 0 Å². The summed E-state index contributed by atoms with van der Waals surface area (Å²) in [6, 6.07) is 0.326. The molecule has 4 N–H and O–H groups in total. The zero-order valence-corrected chi connectivity index (χ0v) is 13.5. The van der Waals surface area contributed by atoms with Crippen molar-refractivity contribution in [3.05, 3.63) is 10.8 Å². The number of nitrogens with one attached hydrogen (secondary N) is 2. The standard InChI is InChI=1S/C12H23BrN6/c1-8(2)5-9(6-19(3)4)17-11-10(13)12(18-14)16-7-15-11/h7-9H,5-6,14H2,1-4H3,(H2,15,16,17,18). The summed E-state index contributed by atoms with van der Waals surface area (Å²) < 4.78 is 0.755. The lowest BCUT2D eigenvalue weighted by Gasteiger charge is -2.25. The number of anilines is 2. The molecule has 1 atom stereocenters. The predicted octanol–water partition coefficient (Wildman–Crippen LogP) is 1.91. The van der Waals surface area contributed by atoms with Crippen molar-refractivity contribution in [2.75, 3.05) is 31.4 Å². The van der Waals surface area contributed by atoms with Crippen molar-refractivity contribution < 1.29 is 0 Å². The maximum atomic E-state index is 5.41. The summed E-state index contributed by atoms with van der Waals surface area (Å²) in [6.45, 7) is 5.37. The average Bonchev–Trinajstić information content (AvgIpc) is 2.30. The van der Waals surface area contributed by atoms with Gasteiger partial charge in [-0.1, -0.05) is 13.8 Å². The van der Waals surface area contributed by atoms with E-state index in [-0.39, 0.29) is 0 Å². The van der Waals surface area contributed by atoms with Crippen molar-refractivity contribution in [1.82, 2.24) is 14.9 Å². The molecular formula is C12H23BrN6. The maximum Gasteiger partial charge on any atom is 0.159 e. The highest BCUT2D eigenvalue weighted by Crippen LogP contribution is 2.26. The normalized spacial score (nSPS) is 12.8. The van der Waals surface area contributed by atoms with E-state index < -0.39 is 0 Å². The molecule has 0 aliphatic heterocycles. The summed E-state index contributed by atoms with van der Waals surface area (Å²) in [5.41, 5.74) is 2.54. The van der Waals surface area contributed by atoms with Crippen LogP contribution in [0, 0.1) is 5.92 Å². The summed E-state index contributed by atoms with van der Waals surface area (Å²) in [5.74, 6) is 7.36. The zero-order valence-electron chi connectivity index (χ0n) is 11.9. The topological polar surface area (TPSA) is 79.1 Å². The fourth-order valence-electron chi connectivity index (χ4n) is 1.95. The number of nitrogens with zero attached hydrogens (tertiary/aromatic N) is 3. The van der Waals surface area contributed by atoms with E-state index in [0.29, 0.717) is 17.8 Å². The fourth-order valence-corrected chi connectivity index (χ4v) is 2.39. The van der Waals surface area contributed by atoms with Gasteiger partial charge in [0, 0.05) is 12.6 Å². The minimum atomic E-state index is 0.326. The number of hydrazine groups is 1. The zero-order chi connectivity index (χ0) is 14.4. The van der Waals surface area contributed by atoms with Crippen LogP contribution in [0.2, 0.25) is 0 Å². The van der Waals surface area contributed by atoms with E-state index in [2.05, 4.69) is 69.5 Å². The molecule has 0 fully saturated rings. The highest BCUT2D eigenvalue weighted by atomic mass is 79.9. The number of halogens is 1. The first-order valence-electron chi connectivity index (χ1n) is 6.32.